The zero-order chi connectivity index (χ0) is 27.1. The predicted octanol–water partition coefficient (Wildman–Crippen LogP) is 6.29. The highest BCUT2D eigenvalue weighted by Gasteiger charge is 2.56. The van der Waals surface area contributed by atoms with Gasteiger partial charge in [-0.15, -0.1) is 0 Å². The maximum atomic E-state index is 13.2. The summed E-state index contributed by atoms with van der Waals surface area (Å²) in [5.74, 6) is 1.08. The van der Waals surface area contributed by atoms with Crippen molar-refractivity contribution in [3.8, 4) is 5.75 Å². The Hall–Kier alpha value is -3.15. The van der Waals surface area contributed by atoms with Gasteiger partial charge in [0.05, 0.1) is 13.2 Å². The highest BCUT2D eigenvalue weighted by molar-refractivity contribution is 5.94. The number of carbonyl (C=O) groups excluding carboxylic acids is 1. The molecule has 1 amide bonds. The number of fused-ring (bicyclic) bond motifs is 6. The number of hydrogen-bond donors (Lipinski definition) is 0. The number of rotatable bonds is 7. The van der Waals surface area contributed by atoms with Crippen LogP contribution in [0.2, 0.25) is 0 Å². The third-order valence-electron chi connectivity index (χ3n) is 10.1. The van der Waals surface area contributed by atoms with Crippen LogP contribution in [0.3, 0.4) is 0 Å². The zero-order valence-electron chi connectivity index (χ0n) is 23.6. The van der Waals surface area contributed by atoms with Gasteiger partial charge in [0, 0.05) is 49.4 Å². The number of carbonyl (C=O) groups is 1. The third-order valence-corrected chi connectivity index (χ3v) is 10.1. The van der Waals surface area contributed by atoms with Gasteiger partial charge in [0.1, 0.15) is 5.75 Å². The van der Waals surface area contributed by atoms with Crippen molar-refractivity contribution in [2.24, 2.45) is 0 Å². The summed E-state index contributed by atoms with van der Waals surface area (Å²) in [6.07, 6.45) is 8.53. The molecule has 4 unspecified atom stereocenters. The molecule has 0 N–H and O–H groups in total. The van der Waals surface area contributed by atoms with Gasteiger partial charge in [-0.05, 0) is 85.9 Å². The quantitative estimate of drug-likeness (QED) is 0.356. The second-order valence-electron chi connectivity index (χ2n) is 12.2. The van der Waals surface area contributed by atoms with Gasteiger partial charge in [0.15, 0.2) is 0 Å². The van der Waals surface area contributed by atoms with Crippen molar-refractivity contribution in [1.29, 1.82) is 0 Å². The Labute approximate surface area is 238 Å². The van der Waals surface area contributed by atoms with Crippen molar-refractivity contribution in [3.05, 3.63) is 101 Å². The first-order valence-electron chi connectivity index (χ1n) is 15.3. The van der Waals surface area contributed by atoms with Crippen LogP contribution < -0.4 is 4.74 Å². The summed E-state index contributed by atoms with van der Waals surface area (Å²) >= 11 is 0. The molecule has 0 radical (unpaired) electrons. The number of ether oxygens (including phenoxy) is 1. The molecule has 0 aliphatic carbocycles. The van der Waals surface area contributed by atoms with E-state index < -0.39 is 0 Å². The predicted molar refractivity (Wildman–Crippen MR) is 158 cm³/mol. The Kier molecular flexibility index (Phi) is 7.11. The molecule has 4 heterocycles. The molecule has 4 saturated heterocycles. The number of likely N-dealkylation sites (tertiary alicyclic amines) is 1. The molecular formula is C35H41N3O2. The van der Waals surface area contributed by atoms with Crippen LogP contribution in [0.4, 0.5) is 0 Å². The molecule has 0 aromatic heterocycles. The minimum absolute atomic E-state index is 0.147. The zero-order valence-corrected chi connectivity index (χ0v) is 23.6. The topological polar surface area (TPSA) is 36.0 Å². The SMILES string of the molecule is COc1cccc(C(c2ccc(C(=O)N3CCCCC3)cc2)N2C3CCC2[C@H]2CCC3N2Cc2ccccc2)c1. The Morgan fingerprint density at radius 1 is 0.775 bits per heavy atom. The molecule has 3 aromatic rings. The van der Waals surface area contributed by atoms with Crippen LogP contribution in [0.5, 0.6) is 5.75 Å². The molecule has 0 spiro atoms. The monoisotopic (exact) mass is 535 g/mol. The summed E-state index contributed by atoms with van der Waals surface area (Å²) in [5, 5.41) is 0. The molecular weight excluding hydrogens is 494 g/mol. The molecule has 5 atom stereocenters. The maximum Gasteiger partial charge on any atom is 0.253 e. The van der Waals surface area contributed by atoms with E-state index in [2.05, 4.69) is 82.6 Å². The van der Waals surface area contributed by atoms with E-state index >= 15 is 0 Å². The molecule has 7 rings (SSSR count). The van der Waals surface area contributed by atoms with Crippen LogP contribution in [0.1, 0.15) is 78.0 Å². The van der Waals surface area contributed by atoms with Gasteiger partial charge >= 0.3 is 0 Å². The van der Waals surface area contributed by atoms with Gasteiger partial charge in [0.2, 0.25) is 0 Å². The fourth-order valence-corrected chi connectivity index (χ4v) is 8.26. The normalized spacial score (nSPS) is 27.1. The second-order valence-corrected chi connectivity index (χ2v) is 12.2. The lowest BCUT2D eigenvalue weighted by Gasteiger charge is -2.50. The van der Waals surface area contributed by atoms with Crippen LogP contribution >= 0.6 is 0 Å². The summed E-state index contributed by atoms with van der Waals surface area (Å²) in [5.41, 5.74) is 4.79. The van der Waals surface area contributed by atoms with Crippen LogP contribution in [-0.2, 0) is 6.54 Å². The highest BCUT2D eigenvalue weighted by Crippen LogP contribution is 2.51. The third kappa shape index (κ3) is 4.63. The molecule has 40 heavy (non-hydrogen) atoms. The lowest BCUT2D eigenvalue weighted by molar-refractivity contribution is -0.0140. The van der Waals surface area contributed by atoms with Gasteiger partial charge < -0.3 is 9.64 Å². The first kappa shape index (κ1) is 25.8. The lowest BCUT2D eigenvalue weighted by atomic mass is 9.91. The summed E-state index contributed by atoms with van der Waals surface area (Å²) in [7, 11) is 1.75. The standard InChI is InChI=1S/C35H41N3O2/c1-40-29-12-8-11-28(23-29)34(26-13-15-27(16-14-26)35(39)36-21-6-3-7-22-36)38-32-19-20-33(38)31-18-17-30(32)37(31)24-25-9-4-2-5-10-25/h2,4-5,8-16,23,30-34H,3,6-7,17-22,24H2,1H3/t30-,31?,32?,33?,34?/m1/s1. The first-order chi connectivity index (χ1) is 19.7. The fourth-order valence-electron chi connectivity index (χ4n) is 8.26. The molecule has 4 fully saturated rings. The molecule has 4 aliphatic rings. The average molecular weight is 536 g/mol. The van der Waals surface area contributed by atoms with Crippen molar-refractivity contribution in [1.82, 2.24) is 14.7 Å². The van der Waals surface area contributed by atoms with Crippen LogP contribution in [0.25, 0.3) is 0 Å². The van der Waals surface area contributed by atoms with Crippen molar-refractivity contribution < 1.29 is 9.53 Å². The Morgan fingerprint density at radius 3 is 2.12 bits per heavy atom. The van der Waals surface area contributed by atoms with Crippen molar-refractivity contribution in [3.63, 3.8) is 0 Å². The number of hydrogen-bond acceptors (Lipinski definition) is 4. The minimum atomic E-state index is 0.147. The van der Waals surface area contributed by atoms with Crippen LogP contribution in [0.15, 0.2) is 78.9 Å². The highest BCUT2D eigenvalue weighted by atomic mass is 16.5. The van der Waals surface area contributed by atoms with Gasteiger partial charge in [-0.1, -0.05) is 54.6 Å². The van der Waals surface area contributed by atoms with E-state index in [4.69, 9.17) is 4.74 Å². The van der Waals surface area contributed by atoms with Crippen molar-refractivity contribution in [2.75, 3.05) is 20.2 Å². The lowest BCUT2D eigenvalue weighted by Crippen LogP contribution is -2.60. The largest absolute Gasteiger partial charge is 0.497 e. The molecule has 208 valence electrons. The number of methoxy groups -OCH3 is 1. The minimum Gasteiger partial charge on any atom is -0.497 e. The van der Waals surface area contributed by atoms with Crippen LogP contribution in [-0.4, -0.2) is 65.0 Å². The second kappa shape index (κ2) is 11.0. The van der Waals surface area contributed by atoms with Gasteiger partial charge in [-0.2, -0.15) is 0 Å². The molecule has 4 bridgehead atoms. The Bertz CT molecular complexity index is 1300. The van der Waals surface area contributed by atoms with E-state index in [9.17, 15) is 4.79 Å². The average Bonchev–Trinajstić information content (AvgIpc) is 3.53. The number of amides is 1. The Balaban J connectivity index is 1.22. The summed E-state index contributed by atoms with van der Waals surface area (Å²) < 4.78 is 5.68. The molecule has 4 aliphatic heterocycles. The first-order valence-corrected chi connectivity index (χ1v) is 15.3. The van der Waals surface area contributed by atoms with E-state index in [1.165, 1.54) is 48.8 Å². The van der Waals surface area contributed by atoms with Crippen molar-refractivity contribution >= 4 is 5.91 Å². The van der Waals surface area contributed by atoms with E-state index in [1.807, 2.05) is 11.0 Å². The smallest absolute Gasteiger partial charge is 0.253 e. The maximum absolute atomic E-state index is 13.2. The summed E-state index contributed by atoms with van der Waals surface area (Å²) in [4.78, 5) is 20.9. The number of piperidine rings is 1. The van der Waals surface area contributed by atoms with E-state index in [0.717, 1.165) is 43.8 Å². The fraction of sp³-hybridized carbons (Fsp3) is 0.457. The van der Waals surface area contributed by atoms with E-state index in [1.54, 1.807) is 7.11 Å². The van der Waals surface area contributed by atoms with E-state index in [-0.39, 0.29) is 11.9 Å². The number of benzene rings is 3. The van der Waals surface area contributed by atoms with Gasteiger partial charge in [-0.3, -0.25) is 14.6 Å². The molecule has 3 aromatic carbocycles. The number of piperazine rings is 1. The molecule has 5 nitrogen and oxygen atoms in total. The van der Waals surface area contributed by atoms with Crippen molar-refractivity contribution in [2.45, 2.75) is 81.7 Å². The number of nitrogens with zero attached hydrogens (tertiary/aromatic N) is 3. The molecule has 0 saturated carbocycles. The summed E-state index contributed by atoms with van der Waals surface area (Å²) in [6.45, 7) is 2.81. The molecule has 5 heteroatoms. The van der Waals surface area contributed by atoms with Gasteiger partial charge in [0.25, 0.3) is 5.91 Å². The Morgan fingerprint density at radius 2 is 1.45 bits per heavy atom. The van der Waals surface area contributed by atoms with E-state index in [0.29, 0.717) is 24.2 Å². The van der Waals surface area contributed by atoms with Crippen LogP contribution in [0, 0.1) is 0 Å². The van der Waals surface area contributed by atoms with Gasteiger partial charge in [-0.25, -0.2) is 0 Å². The summed E-state index contributed by atoms with van der Waals surface area (Å²) in [6, 6.07) is 30.6.